The van der Waals surface area contributed by atoms with Gasteiger partial charge in [-0.1, -0.05) is 0 Å². The molecule has 1 aliphatic rings. The van der Waals surface area contributed by atoms with Gasteiger partial charge in [-0.15, -0.1) is 0 Å². The second-order valence-electron chi connectivity index (χ2n) is 9.58. The van der Waals surface area contributed by atoms with Crippen LogP contribution in [0.3, 0.4) is 0 Å². The molecule has 1 aromatic heterocycles. The van der Waals surface area contributed by atoms with Crippen LogP contribution in [0, 0.1) is 12.7 Å². The molecule has 4 N–H and O–H groups in total. The summed E-state index contributed by atoms with van der Waals surface area (Å²) in [5.74, 6) is -0.978. The highest BCUT2D eigenvalue weighted by Crippen LogP contribution is 2.34. The number of carbonyl (C=O) groups excluding carboxylic acids is 1. The lowest BCUT2D eigenvalue weighted by molar-refractivity contribution is 0.0771. The topological polar surface area (TPSA) is 140 Å². The van der Waals surface area contributed by atoms with E-state index in [2.05, 4.69) is 20.6 Å². The number of sulfone groups is 1. The minimum Gasteiger partial charge on any atom is -0.399 e. The lowest BCUT2D eigenvalue weighted by Gasteiger charge is -2.28. The van der Waals surface area contributed by atoms with Crippen molar-refractivity contribution < 1.29 is 31.1 Å². The predicted molar refractivity (Wildman–Crippen MR) is 147 cm³/mol. The van der Waals surface area contributed by atoms with Crippen LogP contribution < -0.4 is 16.4 Å². The van der Waals surface area contributed by atoms with Crippen molar-refractivity contribution in [1.29, 1.82) is 0 Å². The van der Waals surface area contributed by atoms with Gasteiger partial charge < -0.3 is 26.0 Å². The Bertz CT molecular complexity index is 1520. The first-order chi connectivity index (χ1) is 18.9. The molecule has 2 heterocycles. The van der Waals surface area contributed by atoms with E-state index in [1.54, 1.807) is 26.0 Å². The molecule has 40 heavy (non-hydrogen) atoms. The van der Waals surface area contributed by atoms with Gasteiger partial charge in [0.2, 0.25) is 0 Å². The van der Waals surface area contributed by atoms with Gasteiger partial charge in [-0.2, -0.15) is 0 Å². The van der Waals surface area contributed by atoms with Gasteiger partial charge in [0, 0.05) is 49.1 Å². The number of fused-ring (bicyclic) bond motifs is 1. The van der Waals surface area contributed by atoms with Crippen LogP contribution in [0.15, 0.2) is 24.3 Å². The molecule has 0 bridgehead atoms. The van der Waals surface area contributed by atoms with Gasteiger partial charge in [-0.25, -0.2) is 31.6 Å². The van der Waals surface area contributed by atoms with Gasteiger partial charge in [0.15, 0.2) is 9.84 Å². The van der Waals surface area contributed by atoms with Crippen LogP contribution in [0.25, 0.3) is 10.9 Å². The fraction of sp³-hybridized carbons (Fsp3) is 0.423. The highest BCUT2D eigenvalue weighted by molar-refractivity contribution is 7.91. The van der Waals surface area contributed by atoms with E-state index in [-0.39, 0.29) is 41.8 Å². The molecule has 14 heteroatoms. The van der Waals surface area contributed by atoms with Crippen molar-refractivity contribution in [3.8, 4) is 0 Å². The standard InChI is InChI=1S/C26H31F3N6O4S/c1-14(17-10-16(30)11-20(23(17)27)24(28)29)32-25-18-12-21(31-4-7-39-3)19(13-22(18)33-15(2)34-25)26(36)35-5-8-40(37,38)9-6-35/h10-14,24,31H,4-9,30H2,1-3H3,(H,32,33,34). The number of aromatic nitrogens is 2. The molecule has 216 valence electrons. The lowest BCUT2D eigenvalue weighted by atomic mass is 10.0. The number of methoxy groups -OCH3 is 1. The number of halogens is 3. The number of aryl methyl sites for hydroxylation is 1. The molecular formula is C26H31F3N6O4S. The monoisotopic (exact) mass is 580 g/mol. The summed E-state index contributed by atoms with van der Waals surface area (Å²) in [6, 6.07) is 4.67. The maximum absolute atomic E-state index is 14.9. The lowest BCUT2D eigenvalue weighted by Crippen LogP contribution is -2.43. The first kappa shape index (κ1) is 29.3. The average Bonchev–Trinajstić information content (AvgIpc) is 2.89. The Kier molecular flexibility index (Phi) is 8.68. The molecule has 3 aromatic rings. The minimum absolute atomic E-state index is 0.00220. The smallest absolute Gasteiger partial charge is 0.266 e. The van der Waals surface area contributed by atoms with Crippen molar-refractivity contribution in [1.82, 2.24) is 14.9 Å². The average molecular weight is 581 g/mol. The third-order valence-corrected chi connectivity index (χ3v) is 8.25. The van der Waals surface area contributed by atoms with Crippen molar-refractivity contribution in [3.63, 3.8) is 0 Å². The van der Waals surface area contributed by atoms with E-state index in [1.807, 2.05) is 0 Å². The Labute approximate surface area is 230 Å². The number of nitrogens with two attached hydrogens (primary N) is 1. The summed E-state index contributed by atoms with van der Waals surface area (Å²) in [7, 11) is -1.64. The number of benzene rings is 2. The number of nitrogen functional groups attached to an aromatic ring is 1. The molecule has 1 amide bonds. The number of anilines is 3. The number of nitrogens with one attached hydrogen (secondary N) is 2. The quantitative estimate of drug-likeness (QED) is 0.255. The molecule has 1 unspecified atom stereocenters. The fourth-order valence-corrected chi connectivity index (χ4v) is 5.75. The Balaban J connectivity index is 1.75. The molecule has 0 spiro atoms. The zero-order valence-electron chi connectivity index (χ0n) is 22.3. The number of ether oxygens (including phenoxy) is 1. The van der Waals surface area contributed by atoms with E-state index in [0.717, 1.165) is 6.07 Å². The van der Waals surface area contributed by atoms with E-state index in [0.29, 0.717) is 46.9 Å². The predicted octanol–water partition coefficient (Wildman–Crippen LogP) is 3.70. The van der Waals surface area contributed by atoms with Crippen LogP contribution in [-0.4, -0.2) is 74.0 Å². The molecule has 10 nitrogen and oxygen atoms in total. The molecule has 1 saturated heterocycles. The van der Waals surface area contributed by atoms with Gasteiger partial charge in [-0.3, -0.25) is 4.79 Å². The number of alkyl halides is 2. The first-order valence-electron chi connectivity index (χ1n) is 12.6. The van der Waals surface area contributed by atoms with Gasteiger partial charge in [-0.05, 0) is 38.1 Å². The van der Waals surface area contributed by atoms with Gasteiger partial charge in [0.05, 0.1) is 40.8 Å². The van der Waals surface area contributed by atoms with Gasteiger partial charge >= 0.3 is 0 Å². The Morgan fingerprint density at radius 1 is 1.15 bits per heavy atom. The van der Waals surface area contributed by atoms with Crippen molar-refractivity contribution in [2.24, 2.45) is 0 Å². The molecule has 0 saturated carbocycles. The Morgan fingerprint density at radius 2 is 1.82 bits per heavy atom. The summed E-state index contributed by atoms with van der Waals surface area (Å²) >= 11 is 0. The van der Waals surface area contributed by atoms with Crippen molar-refractivity contribution >= 4 is 43.8 Å². The summed E-state index contributed by atoms with van der Waals surface area (Å²) < 4.78 is 70.6. The van der Waals surface area contributed by atoms with E-state index in [4.69, 9.17) is 10.5 Å². The van der Waals surface area contributed by atoms with Gasteiger partial charge in [0.1, 0.15) is 17.5 Å². The molecule has 0 radical (unpaired) electrons. The summed E-state index contributed by atoms with van der Waals surface area (Å²) in [5, 5.41) is 6.75. The van der Waals surface area contributed by atoms with Crippen molar-refractivity contribution in [3.05, 3.63) is 52.6 Å². The summed E-state index contributed by atoms with van der Waals surface area (Å²) in [5.41, 5.74) is 6.09. The number of rotatable bonds is 9. The number of nitrogens with zero attached hydrogens (tertiary/aromatic N) is 3. The maximum Gasteiger partial charge on any atom is 0.266 e. The van der Waals surface area contributed by atoms with Crippen LogP contribution in [-0.2, 0) is 14.6 Å². The maximum atomic E-state index is 14.9. The van der Waals surface area contributed by atoms with Crippen LogP contribution >= 0.6 is 0 Å². The highest BCUT2D eigenvalue weighted by atomic mass is 32.2. The molecular weight excluding hydrogens is 549 g/mol. The van der Waals surface area contributed by atoms with Gasteiger partial charge in [0.25, 0.3) is 12.3 Å². The SMILES string of the molecule is COCCNc1cc2c(NC(C)c3cc(N)cc(C(F)F)c3F)nc(C)nc2cc1C(=O)N1CCS(=O)(=O)CC1. The molecule has 1 fully saturated rings. The third-order valence-electron chi connectivity index (χ3n) is 6.64. The van der Waals surface area contributed by atoms with Crippen molar-refractivity contribution in [2.75, 3.05) is 61.2 Å². The fourth-order valence-electron chi connectivity index (χ4n) is 4.55. The highest BCUT2D eigenvalue weighted by Gasteiger charge is 2.28. The van der Waals surface area contributed by atoms with E-state index < -0.39 is 33.7 Å². The summed E-state index contributed by atoms with van der Waals surface area (Å²) in [4.78, 5) is 23.9. The second-order valence-corrected chi connectivity index (χ2v) is 11.9. The zero-order valence-corrected chi connectivity index (χ0v) is 23.1. The molecule has 2 aromatic carbocycles. The van der Waals surface area contributed by atoms with Crippen molar-refractivity contribution in [2.45, 2.75) is 26.3 Å². The normalized spacial score (nSPS) is 15.8. The zero-order chi connectivity index (χ0) is 29.2. The number of carbonyl (C=O) groups is 1. The van der Waals surface area contributed by atoms with E-state index >= 15 is 0 Å². The van der Waals surface area contributed by atoms with E-state index in [1.165, 1.54) is 18.1 Å². The molecule has 4 rings (SSSR count). The summed E-state index contributed by atoms with van der Waals surface area (Å²) in [6.45, 7) is 4.12. The summed E-state index contributed by atoms with van der Waals surface area (Å²) in [6.07, 6.45) is -3.03. The number of hydrogen-bond acceptors (Lipinski definition) is 9. The minimum atomic E-state index is -3.18. The Hall–Kier alpha value is -3.65. The van der Waals surface area contributed by atoms with Crippen LogP contribution in [0.5, 0.6) is 0 Å². The van der Waals surface area contributed by atoms with Crippen LogP contribution in [0.4, 0.5) is 30.4 Å². The number of hydrogen-bond donors (Lipinski definition) is 3. The Morgan fingerprint density at radius 3 is 2.48 bits per heavy atom. The second kappa shape index (κ2) is 11.8. The number of amides is 1. The first-order valence-corrected chi connectivity index (χ1v) is 14.4. The van der Waals surface area contributed by atoms with Crippen LogP contribution in [0.2, 0.25) is 0 Å². The molecule has 1 atom stereocenters. The van der Waals surface area contributed by atoms with E-state index in [9.17, 15) is 26.4 Å². The third kappa shape index (κ3) is 6.39. The largest absolute Gasteiger partial charge is 0.399 e. The molecule has 0 aliphatic carbocycles. The van der Waals surface area contributed by atoms with Crippen LogP contribution in [0.1, 0.15) is 46.7 Å². The molecule has 1 aliphatic heterocycles.